The fraction of sp³-hybridized carbons (Fsp3) is 0.613. The minimum Gasteiger partial charge on any atom is -0.491 e. The van der Waals surface area contributed by atoms with E-state index in [9.17, 15) is 10.2 Å². The van der Waals surface area contributed by atoms with Crippen LogP contribution in [-0.4, -0.2) is 40.7 Å². The Bertz CT molecular complexity index is 924. The van der Waals surface area contributed by atoms with Gasteiger partial charge in [-0.1, -0.05) is 65.0 Å². The second kappa shape index (κ2) is 12.9. The molecule has 2 rings (SSSR count). The molecule has 2 unspecified atom stereocenters. The molecule has 0 spiro atoms. The van der Waals surface area contributed by atoms with E-state index < -0.39 is 6.10 Å². The molecule has 0 fully saturated rings. The van der Waals surface area contributed by atoms with Crippen molar-refractivity contribution < 1.29 is 20.1 Å². The highest BCUT2D eigenvalue weighted by atomic mass is 16.5. The van der Waals surface area contributed by atoms with Crippen molar-refractivity contribution >= 4 is 0 Å². The zero-order chi connectivity index (χ0) is 26.2. The average Bonchev–Trinajstić information content (AvgIpc) is 2.82. The average molecular weight is 485 g/mol. The highest BCUT2D eigenvalue weighted by Crippen LogP contribution is 2.41. The first-order valence-electron chi connectivity index (χ1n) is 13.3. The van der Waals surface area contributed by atoms with E-state index in [1.165, 1.54) is 22.3 Å². The van der Waals surface area contributed by atoms with Crippen LogP contribution >= 0.6 is 0 Å². The number of rotatable bonds is 13. The maximum absolute atomic E-state index is 10.5. The summed E-state index contributed by atoms with van der Waals surface area (Å²) in [5.41, 5.74) is 6.07. The molecular formula is C31H48O4. The molecule has 0 saturated heterocycles. The molecule has 0 saturated carbocycles. The molecule has 2 aromatic carbocycles. The van der Waals surface area contributed by atoms with Gasteiger partial charge in [0.25, 0.3) is 0 Å². The van der Waals surface area contributed by atoms with Crippen molar-refractivity contribution in [1.82, 2.24) is 0 Å². The van der Waals surface area contributed by atoms with Crippen LogP contribution in [0.4, 0.5) is 0 Å². The topological polar surface area (TPSA) is 69.9 Å². The van der Waals surface area contributed by atoms with Gasteiger partial charge in [0, 0.05) is 12.0 Å². The Kier molecular flexibility index (Phi) is 10.8. The Morgan fingerprint density at radius 1 is 0.857 bits per heavy atom. The molecule has 0 radical (unpaired) electrons. The van der Waals surface area contributed by atoms with E-state index in [0.717, 1.165) is 37.0 Å². The molecule has 2 aromatic rings. The molecule has 4 nitrogen and oxygen atoms in total. The van der Waals surface area contributed by atoms with Crippen LogP contribution in [0.3, 0.4) is 0 Å². The third-order valence-electron chi connectivity index (χ3n) is 7.64. The summed E-state index contributed by atoms with van der Waals surface area (Å²) in [6, 6.07) is 13.3. The van der Waals surface area contributed by atoms with Crippen molar-refractivity contribution in [1.29, 1.82) is 0 Å². The fourth-order valence-corrected chi connectivity index (χ4v) is 4.94. The van der Waals surface area contributed by atoms with E-state index in [-0.39, 0.29) is 30.1 Å². The van der Waals surface area contributed by atoms with Crippen molar-refractivity contribution in [3.63, 3.8) is 0 Å². The van der Waals surface area contributed by atoms with E-state index in [4.69, 9.17) is 9.84 Å². The lowest BCUT2D eigenvalue weighted by molar-refractivity contribution is 0.0560. The molecular weight excluding hydrogens is 436 g/mol. The van der Waals surface area contributed by atoms with Gasteiger partial charge in [-0.05, 0) is 91.7 Å². The molecule has 2 atom stereocenters. The third kappa shape index (κ3) is 7.55. The van der Waals surface area contributed by atoms with Gasteiger partial charge in [0.15, 0.2) is 0 Å². The Morgan fingerprint density at radius 2 is 1.46 bits per heavy atom. The van der Waals surface area contributed by atoms with Crippen LogP contribution in [0.25, 0.3) is 0 Å². The standard InChI is InChI=1S/C31H48O4/c1-8-31(9-2,25-14-12-24(22(3)19-25)13-17-29(34)30(5,6)7)26-15-16-28(23(4)20-26)35-21-27(33)11-10-18-32/h12,14-16,19-20,27,29,32-34H,8-11,13,17-18,21H2,1-7H3. The maximum atomic E-state index is 10.5. The fourth-order valence-electron chi connectivity index (χ4n) is 4.94. The first kappa shape index (κ1) is 29.4. The first-order valence-corrected chi connectivity index (χ1v) is 13.3. The predicted molar refractivity (Wildman–Crippen MR) is 145 cm³/mol. The van der Waals surface area contributed by atoms with Crippen LogP contribution in [0.1, 0.15) is 94.5 Å². The first-order chi connectivity index (χ1) is 16.5. The van der Waals surface area contributed by atoms with Crippen molar-refractivity contribution in [2.45, 2.75) is 105 Å². The van der Waals surface area contributed by atoms with Gasteiger partial charge in [0.2, 0.25) is 0 Å². The molecule has 0 heterocycles. The Morgan fingerprint density at radius 3 is 1.97 bits per heavy atom. The van der Waals surface area contributed by atoms with Gasteiger partial charge in [-0.15, -0.1) is 0 Å². The summed E-state index contributed by atoms with van der Waals surface area (Å²) in [5, 5.41) is 29.5. The van der Waals surface area contributed by atoms with Gasteiger partial charge < -0.3 is 20.1 Å². The number of aliphatic hydroxyl groups is 3. The van der Waals surface area contributed by atoms with Crippen molar-refractivity contribution in [3.8, 4) is 5.75 Å². The van der Waals surface area contributed by atoms with Gasteiger partial charge in [0.05, 0.1) is 12.2 Å². The minimum absolute atomic E-state index is 0.0836. The van der Waals surface area contributed by atoms with Gasteiger partial charge in [-0.2, -0.15) is 0 Å². The molecule has 196 valence electrons. The van der Waals surface area contributed by atoms with Crippen molar-refractivity contribution in [2.75, 3.05) is 13.2 Å². The molecule has 35 heavy (non-hydrogen) atoms. The highest BCUT2D eigenvalue weighted by Gasteiger charge is 2.31. The lowest BCUT2D eigenvalue weighted by Gasteiger charge is -2.34. The smallest absolute Gasteiger partial charge is 0.122 e. The minimum atomic E-state index is -0.572. The molecule has 0 amide bonds. The molecule has 0 aliphatic carbocycles. The Hall–Kier alpha value is -1.88. The molecule has 0 aliphatic rings. The maximum Gasteiger partial charge on any atom is 0.122 e. The molecule has 3 N–H and O–H groups in total. The lowest BCUT2D eigenvalue weighted by Crippen LogP contribution is -2.27. The van der Waals surface area contributed by atoms with Gasteiger partial charge in [0.1, 0.15) is 12.4 Å². The lowest BCUT2D eigenvalue weighted by atomic mass is 9.69. The quantitative estimate of drug-likeness (QED) is 0.314. The Balaban J connectivity index is 2.25. The monoisotopic (exact) mass is 484 g/mol. The summed E-state index contributed by atoms with van der Waals surface area (Å²) in [5.74, 6) is 0.793. The number of benzene rings is 2. The summed E-state index contributed by atoms with van der Waals surface area (Å²) in [6.45, 7) is 15.3. The normalized spacial score (nSPS) is 14.1. The van der Waals surface area contributed by atoms with Gasteiger partial charge >= 0.3 is 0 Å². The zero-order valence-electron chi connectivity index (χ0n) is 23.0. The van der Waals surface area contributed by atoms with E-state index in [1.807, 2.05) is 6.07 Å². The number of hydrogen-bond acceptors (Lipinski definition) is 4. The SMILES string of the molecule is CCC(CC)(c1ccc(CCC(O)C(C)(C)C)c(C)c1)c1ccc(OCC(O)CCCO)c(C)c1. The van der Waals surface area contributed by atoms with Crippen LogP contribution in [0, 0.1) is 19.3 Å². The van der Waals surface area contributed by atoms with E-state index >= 15 is 0 Å². The predicted octanol–water partition coefficient (Wildman–Crippen LogP) is 6.26. The van der Waals surface area contributed by atoms with Crippen LogP contribution in [0.5, 0.6) is 5.75 Å². The summed E-state index contributed by atoms with van der Waals surface area (Å²) < 4.78 is 5.89. The molecule has 4 heteroatoms. The van der Waals surface area contributed by atoms with Gasteiger partial charge in [-0.3, -0.25) is 0 Å². The number of aliphatic hydroxyl groups excluding tert-OH is 3. The number of aryl methyl sites for hydroxylation is 3. The zero-order valence-corrected chi connectivity index (χ0v) is 23.0. The summed E-state index contributed by atoms with van der Waals surface area (Å²) in [4.78, 5) is 0. The number of ether oxygens (including phenoxy) is 1. The molecule has 0 aliphatic heterocycles. The van der Waals surface area contributed by atoms with Crippen LogP contribution in [-0.2, 0) is 11.8 Å². The van der Waals surface area contributed by atoms with Crippen molar-refractivity contribution in [3.05, 3.63) is 64.2 Å². The van der Waals surface area contributed by atoms with Crippen molar-refractivity contribution in [2.24, 2.45) is 5.41 Å². The Labute approximate surface area is 213 Å². The van der Waals surface area contributed by atoms with E-state index in [1.54, 1.807) is 0 Å². The highest BCUT2D eigenvalue weighted by molar-refractivity contribution is 5.47. The second-order valence-electron chi connectivity index (χ2n) is 11.2. The van der Waals surface area contributed by atoms with E-state index in [0.29, 0.717) is 12.8 Å². The van der Waals surface area contributed by atoms with E-state index in [2.05, 4.69) is 78.8 Å². The number of hydrogen-bond donors (Lipinski definition) is 3. The second-order valence-corrected chi connectivity index (χ2v) is 11.2. The summed E-state index contributed by atoms with van der Waals surface area (Å²) in [7, 11) is 0. The largest absolute Gasteiger partial charge is 0.491 e. The molecule has 0 bridgehead atoms. The van der Waals surface area contributed by atoms with Crippen LogP contribution < -0.4 is 4.74 Å². The summed E-state index contributed by atoms with van der Waals surface area (Å²) in [6.07, 6.45) is 3.86. The van der Waals surface area contributed by atoms with Crippen LogP contribution in [0.2, 0.25) is 0 Å². The van der Waals surface area contributed by atoms with Crippen LogP contribution in [0.15, 0.2) is 36.4 Å². The summed E-state index contributed by atoms with van der Waals surface area (Å²) >= 11 is 0. The third-order valence-corrected chi connectivity index (χ3v) is 7.64. The van der Waals surface area contributed by atoms with Gasteiger partial charge in [-0.25, -0.2) is 0 Å². The molecule has 0 aromatic heterocycles.